The van der Waals surface area contributed by atoms with E-state index in [9.17, 15) is 28.0 Å². The number of benzene rings is 2. The van der Waals surface area contributed by atoms with Gasteiger partial charge in [-0.2, -0.15) is 0 Å². The van der Waals surface area contributed by atoms with Gasteiger partial charge in [0, 0.05) is 11.8 Å². The van der Waals surface area contributed by atoms with E-state index in [1.165, 1.54) is 19.1 Å². The lowest BCUT2D eigenvalue weighted by atomic mass is 9.91. The van der Waals surface area contributed by atoms with Crippen LogP contribution < -0.4 is 20.1 Å². The largest absolute Gasteiger partial charge is 0.586 e. The quantitative estimate of drug-likeness (QED) is 0.485. The zero-order valence-corrected chi connectivity index (χ0v) is 18.0. The van der Waals surface area contributed by atoms with Gasteiger partial charge in [-0.3, -0.25) is 19.3 Å². The Morgan fingerprint density at radius 3 is 2.47 bits per heavy atom. The molecule has 4 rings (SSSR count). The summed E-state index contributed by atoms with van der Waals surface area (Å²) in [5.74, 6) is -2.87. The van der Waals surface area contributed by atoms with Crippen LogP contribution in [-0.4, -0.2) is 48.2 Å². The second-order valence-electron chi connectivity index (χ2n) is 7.85. The van der Waals surface area contributed by atoms with Crippen LogP contribution in [0.1, 0.15) is 18.1 Å². The molecule has 2 aliphatic heterocycles. The predicted octanol–water partition coefficient (Wildman–Crippen LogP) is 2.27. The molecule has 0 radical (unpaired) electrons. The summed E-state index contributed by atoms with van der Waals surface area (Å²) in [7, 11) is 0. The number of esters is 1. The van der Waals surface area contributed by atoms with Gasteiger partial charge in [-0.25, -0.2) is 4.79 Å². The number of carbonyl (C=O) groups is 4. The zero-order valence-electron chi connectivity index (χ0n) is 18.0. The average molecular weight is 475 g/mol. The highest BCUT2D eigenvalue weighted by Gasteiger charge is 2.49. The first-order valence-corrected chi connectivity index (χ1v) is 10.0. The maximum atomic E-state index is 13.1. The fraction of sp³-hybridized carbons (Fsp3) is 0.273. The molecule has 1 atom stereocenters. The lowest BCUT2D eigenvalue weighted by Crippen LogP contribution is -2.41. The average Bonchev–Trinajstić information content (AvgIpc) is 3.19. The van der Waals surface area contributed by atoms with Gasteiger partial charge in [0.05, 0.1) is 0 Å². The lowest BCUT2D eigenvalue weighted by Gasteiger charge is -2.22. The highest BCUT2D eigenvalue weighted by Crippen LogP contribution is 2.42. The van der Waals surface area contributed by atoms with E-state index in [0.29, 0.717) is 10.5 Å². The number of hydrogen-bond acceptors (Lipinski definition) is 7. The molecule has 1 fully saturated rings. The minimum absolute atomic E-state index is 0.101. The molecule has 0 bridgehead atoms. The number of halogens is 2. The van der Waals surface area contributed by atoms with Crippen molar-refractivity contribution in [1.82, 2.24) is 10.2 Å². The number of alkyl halides is 2. The number of urea groups is 1. The van der Waals surface area contributed by atoms with Gasteiger partial charge in [-0.05, 0) is 31.5 Å². The first kappa shape index (κ1) is 23.0. The number of nitrogens with one attached hydrogen (secondary N) is 2. The number of rotatable bonds is 6. The molecular weight excluding hydrogens is 456 g/mol. The summed E-state index contributed by atoms with van der Waals surface area (Å²) in [5, 5.41) is 4.92. The topological polar surface area (TPSA) is 123 Å². The van der Waals surface area contributed by atoms with Crippen LogP contribution in [0.4, 0.5) is 19.3 Å². The number of amides is 4. The number of imide groups is 1. The maximum Gasteiger partial charge on any atom is 0.586 e. The summed E-state index contributed by atoms with van der Waals surface area (Å²) < 4.78 is 39.6. The Morgan fingerprint density at radius 1 is 1.09 bits per heavy atom. The second kappa shape index (κ2) is 8.28. The Morgan fingerprint density at radius 2 is 1.76 bits per heavy atom. The van der Waals surface area contributed by atoms with Crippen LogP contribution in [0.3, 0.4) is 0 Å². The fourth-order valence-electron chi connectivity index (χ4n) is 3.47. The summed E-state index contributed by atoms with van der Waals surface area (Å²) in [6.45, 7) is 1.98. The lowest BCUT2D eigenvalue weighted by molar-refractivity contribution is -0.286. The van der Waals surface area contributed by atoms with Crippen LogP contribution >= 0.6 is 0 Å². The normalized spacial score (nSPS) is 20.2. The predicted molar refractivity (Wildman–Crippen MR) is 111 cm³/mol. The van der Waals surface area contributed by atoms with Crippen molar-refractivity contribution in [3.05, 3.63) is 53.6 Å². The van der Waals surface area contributed by atoms with E-state index < -0.39 is 48.8 Å². The first-order valence-electron chi connectivity index (χ1n) is 10.0. The third-order valence-corrected chi connectivity index (χ3v) is 5.24. The third-order valence-electron chi connectivity index (χ3n) is 5.24. The van der Waals surface area contributed by atoms with Gasteiger partial charge in [-0.15, -0.1) is 8.78 Å². The van der Waals surface area contributed by atoms with Crippen molar-refractivity contribution >= 4 is 29.5 Å². The molecule has 10 nitrogen and oxygen atoms in total. The van der Waals surface area contributed by atoms with E-state index in [4.69, 9.17) is 4.74 Å². The number of ether oxygens (including phenoxy) is 3. The number of carbonyl (C=O) groups excluding carboxylic acids is 4. The Kier molecular flexibility index (Phi) is 5.59. The number of hydrogen-bond donors (Lipinski definition) is 2. The van der Waals surface area contributed by atoms with Crippen molar-refractivity contribution < 1.29 is 42.2 Å². The van der Waals surface area contributed by atoms with Crippen LogP contribution in [0.2, 0.25) is 0 Å². The zero-order chi connectivity index (χ0) is 24.7. The highest BCUT2D eigenvalue weighted by atomic mass is 19.3. The molecule has 0 spiro atoms. The maximum absolute atomic E-state index is 13.1. The molecule has 4 amide bonds. The monoisotopic (exact) mass is 475 g/mol. The molecule has 2 aliphatic rings. The van der Waals surface area contributed by atoms with Gasteiger partial charge in [-0.1, -0.05) is 29.8 Å². The molecule has 34 heavy (non-hydrogen) atoms. The Labute approximate surface area is 191 Å². The van der Waals surface area contributed by atoms with Gasteiger partial charge < -0.3 is 24.8 Å². The molecule has 12 heteroatoms. The second-order valence-corrected chi connectivity index (χ2v) is 7.85. The Balaban J connectivity index is 1.31. The van der Waals surface area contributed by atoms with Crippen molar-refractivity contribution in [2.24, 2.45) is 0 Å². The molecule has 178 valence electrons. The molecular formula is C22H19F2N3O7. The van der Waals surface area contributed by atoms with E-state index >= 15 is 0 Å². The van der Waals surface area contributed by atoms with Gasteiger partial charge >= 0.3 is 18.3 Å². The van der Waals surface area contributed by atoms with Crippen LogP contribution in [0.25, 0.3) is 0 Å². The summed E-state index contributed by atoms with van der Waals surface area (Å²) in [5.41, 5.74) is 0.275. The number of aryl methyl sites for hydroxylation is 1. The van der Waals surface area contributed by atoms with Crippen LogP contribution in [0, 0.1) is 6.92 Å². The van der Waals surface area contributed by atoms with Gasteiger partial charge in [0.25, 0.3) is 11.8 Å². The summed E-state index contributed by atoms with van der Waals surface area (Å²) in [6, 6.07) is 9.82. The number of nitrogens with zero attached hydrogens (tertiary/aromatic N) is 1. The van der Waals surface area contributed by atoms with Crippen molar-refractivity contribution in [1.29, 1.82) is 0 Å². The highest BCUT2D eigenvalue weighted by molar-refractivity contribution is 6.09. The molecule has 2 aromatic rings. The number of anilines is 1. The van der Waals surface area contributed by atoms with Crippen molar-refractivity contribution in [3.63, 3.8) is 0 Å². The SMILES string of the molecule is Cc1ccc([C@]2(C)NC(=O)N(CC(=O)OCC(=O)Nc3ccc4c(c3)OC(F)(F)O4)C2=O)cc1. The Hall–Kier alpha value is -4.22. The summed E-state index contributed by atoms with van der Waals surface area (Å²) >= 11 is 0. The minimum atomic E-state index is -3.80. The molecule has 0 saturated carbocycles. The van der Waals surface area contributed by atoms with Gasteiger partial charge in [0.2, 0.25) is 0 Å². The fourth-order valence-corrected chi connectivity index (χ4v) is 3.47. The van der Waals surface area contributed by atoms with Crippen molar-refractivity contribution in [3.8, 4) is 11.5 Å². The van der Waals surface area contributed by atoms with Crippen molar-refractivity contribution in [2.75, 3.05) is 18.5 Å². The molecule has 0 aromatic heterocycles. The summed E-state index contributed by atoms with van der Waals surface area (Å²) in [4.78, 5) is 50.1. The van der Waals surface area contributed by atoms with Crippen LogP contribution in [0.5, 0.6) is 11.5 Å². The molecule has 2 N–H and O–H groups in total. The minimum Gasteiger partial charge on any atom is -0.454 e. The van der Waals surface area contributed by atoms with E-state index in [1.807, 2.05) is 6.92 Å². The van der Waals surface area contributed by atoms with E-state index in [1.54, 1.807) is 24.3 Å². The van der Waals surface area contributed by atoms with Crippen LogP contribution in [0.15, 0.2) is 42.5 Å². The number of fused-ring (bicyclic) bond motifs is 1. The van der Waals surface area contributed by atoms with E-state index in [-0.39, 0.29) is 17.2 Å². The molecule has 0 unspecified atom stereocenters. The van der Waals surface area contributed by atoms with Gasteiger partial charge in [0.1, 0.15) is 12.1 Å². The molecule has 0 aliphatic carbocycles. The smallest absolute Gasteiger partial charge is 0.454 e. The standard InChI is InChI=1S/C22H19F2N3O7/c1-12-3-5-13(6-4-12)21(2)19(30)27(20(31)26-21)10-18(29)32-11-17(28)25-14-7-8-15-16(9-14)34-22(23,24)33-15/h3-9H,10-11H2,1-2H3,(H,25,28)(H,26,31)/t21-/m0/s1. The Bertz CT molecular complexity index is 1190. The summed E-state index contributed by atoms with van der Waals surface area (Å²) in [6.07, 6.45) is -3.80. The van der Waals surface area contributed by atoms with Crippen molar-refractivity contribution in [2.45, 2.75) is 25.7 Å². The van der Waals surface area contributed by atoms with E-state index in [0.717, 1.165) is 11.6 Å². The molecule has 2 aromatic carbocycles. The first-order chi connectivity index (χ1) is 16.0. The van der Waals surface area contributed by atoms with Gasteiger partial charge in [0.15, 0.2) is 18.1 Å². The van der Waals surface area contributed by atoms with E-state index in [2.05, 4.69) is 20.1 Å². The third kappa shape index (κ3) is 4.47. The van der Waals surface area contributed by atoms with Crippen LogP contribution in [-0.2, 0) is 24.7 Å². The molecule has 2 heterocycles. The molecule has 1 saturated heterocycles.